The first-order chi connectivity index (χ1) is 16.5. The van der Waals surface area contributed by atoms with Crippen LogP contribution in [0.2, 0.25) is 5.02 Å². The minimum Gasteiger partial charge on any atom is -0.495 e. The van der Waals surface area contributed by atoms with E-state index < -0.39 is 0 Å². The lowest BCUT2D eigenvalue weighted by Gasteiger charge is -2.32. The van der Waals surface area contributed by atoms with Gasteiger partial charge in [-0.05, 0) is 38.0 Å². The van der Waals surface area contributed by atoms with Crippen molar-refractivity contribution >= 4 is 40.8 Å². The van der Waals surface area contributed by atoms with Crippen LogP contribution in [0.5, 0.6) is 11.5 Å². The Labute approximate surface area is 208 Å². The molecule has 1 aliphatic heterocycles. The highest BCUT2D eigenvalue weighted by atomic mass is 35.5. The Morgan fingerprint density at radius 1 is 1.06 bits per heavy atom. The van der Waals surface area contributed by atoms with Gasteiger partial charge in [-0.1, -0.05) is 41.1 Å². The normalized spacial score (nSPS) is 14.1. The number of rotatable bonds is 7. The summed E-state index contributed by atoms with van der Waals surface area (Å²) >= 11 is 7.84. The second-order valence-corrected chi connectivity index (χ2v) is 9.51. The van der Waals surface area contributed by atoms with E-state index in [-0.39, 0.29) is 11.8 Å². The highest BCUT2D eigenvalue weighted by molar-refractivity contribution is 7.99. The van der Waals surface area contributed by atoms with Gasteiger partial charge in [0.1, 0.15) is 16.5 Å². The summed E-state index contributed by atoms with van der Waals surface area (Å²) in [6.45, 7) is 3.51. The lowest BCUT2D eigenvalue weighted by atomic mass is 9.96. The maximum atomic E-state index is 13.0. The molecule has 0 unspecified atom stereocenters. The number of hydrogen-bond acceptors (Lipinski definition) is 7. The van der Waals surface area contributed by atoms with E-state index in [0.29, 0.717) is 35.1 Å². The molecule has 0 saturated carbocycles. The number of hydrogen-bond donors (Lipinski definition) is 1. The summed E-state index contributed by atoms with van der Waals surface area (Å²) in [5.41, 5.74) is 1.75. The largest absolute Gasteiger partial charge is 0.495 e. The van der Waals surface area contributed by atoms with E-state index in [2.05, 4.69) is 51.4 Å². The fourth-order valence-corrected chi connectivity index (χ4v) is 4.99. The van der Waals surface area contributed by atoms with Crippen molar-refractivity contribution in [3.63, 3.8) is 0 Å². The molecule has 1 N–H and O–H groups in total. The lowest BCUT2D eigenvalue weighted by Crippen LogP contribution is -2.39. The monoisotopic (exact) mass is 498 g/mol. The number of halogens is 1. The van der Waals surface area contributed by atoms with Gasteiger partial charge in [-0.25, -0.2) is 9.97 Å². The van der Waals surface area contributed by atoms with Crippen molar-refractivity contribution in [1.82, 2.24) is 9.97 Å². The first-order valence-corrected chi connectivity index (χ1v) is 12.2. The third kappa shape index (κ3) is 5.56. The summed E-state index contributed by atoms with van der Waals surface area (Å²) in [6.07, 6.45) is 4.85. The Balaban J connectivity index is 1.41. The molecule has 0 spiro atoms. The molecule has 0 bridgehead atoms. The van der Waals surface area contributed by atoms with Crippen LogP contribution >= 0.6 is 23.4 Å². The zero-order valence-electron chi connectivity index (χ0n) is 19.4. The van der Waals surface area contributed by atoms with Crippen LogP contribution in [0.25, 0.3) is 0 Å². The molecule has 1 fully saturated rings. The number of piperidine rings is 1. The first kappa shape index (κ1) is 24.2. The fraction of sp³-hybridized carbons (Fsp3) is 0.320. The molecule has 0 radical (unpaired) electrons. The Hall–Kier alpha value is -2.97. The minimum absolute atomic E-state index is 0.0485. The second-order valence-electron chi connectivity index (χ2n) is 8.04. The van der Waals surface area contributed by atoms with Gasteiger partial charge < -0.3 is 19.7 Å². The number of carbonyl (C=O) groups excluding carboxylic acids is 1. The fourth-order valence-electron chi connectivity index (χ4n) is 3.87. The molecular weight excluding hydrogens is 472 g/mol. The van der Waals surface area contributed by atoms with Crippen LogP contribution in [0.15, 0.2) is 58.7 Å². The van der Waals surface area contributed by atoms with Crippen molar-refractivity contribution in [2.75, 3.05) is 37.5 Å². The summed E-state index contributed by atoms with van der Waals surface area (Å²) in [5.74, 6) is 1.69. The van der Waals surface area contributed by atoms with Gasteiger partial charge in [-0.3, -0.25) is 4.79 Å². The Morgan fingerprint density at radius 2 is 1.74 bits per heavy atom. The Bertz CT molecular complexity index is 1150. The average molecular weight is 499 g/mol. The number of methoxy groups -OCH3 is 2. The van der Waals surface area contributed by atoms with Crippen LogP contribution in [0.1, 0.15) is 18.4 Å². The molecule has 0 aliphatic carbocycles. The molecule has 4 rings (SSSR count). The Kier molecular flexibility index (Phi) is 7.80. The van der Waals surface area contributed by atoms with Gasteiger partial charge in [0, 0.05) is 42.4 Å². The number of ether oxygens (including phenoxy) is 2. The van der Waals surface area contributed by atoms with Crippen molar-refractivity contribution in [3.05, 3.63) is 59.4 Å². The van der Waals surface area contributed by atoms with Gasteiger partial charge in [-0.15, -0.1) is 0 Å². The van der Waals surface area contributed by atoms with Crippen molar-refractivity contribution in [1.29, 1.82) is 0 Å². The van der Waals surface area contributed by atoms with E-state index in [9.17, 15) is 4.79 Å². The number of aromatic nitrogens is 2. The summed E-state index contributed by atoms with van der Waals surface area (Å²) in [4.78, 5) is 25.5. The third-order valence-electron chi connectivity index (χ3n) is 5.78. The van der Waals surface area contributed by atoms with E-state index in [1.54, 1.807) is 43.4 Å². The van der Waals surface area contributed by atoms with E-state index in [1.165, 1.54) is 12.7 Å². The molecule has 7 nitrogen and oxygen atoms in total. The molecule has 2 heterocycles. The quantitative estimate of drug-likeness (QED) is 0.463. The lowest BCUT2D eigenvalue weighted by molar-refractivity contribution is -0.120. The number of anilines is 2. The van der Waals surface area contributed by atoms with Crippen molar-refractivity contribution in [2.45, 2.75) is 29.7 Å². The zero-order valence-corrected chi connectivity index (χ0v) is 20.9. The minimum atomic E-state index is -0.119. The number of benzene rings is 2. The molecule has 178 valence electrons. The number of nitrogens with zero attached hydrogens (tertiary/aromatic N) is 3. The van der Waals surface area contributed by atoms with Gasteiger partial charge >= 0.3 is 0 Å². The maximum absolute atomic E-state index is 13.0. The molecule has 2 aromatic carbocycles. The summed E-state index contributed by atoms with van der Waals surface area (Å²) in [6, 6.07) is 11.7. The Morgan fingerprint density at radius 3 is 2.41 bits per heavy atom. The number of nitrogens with one attached hydrogen (secondary N) is 1. The van der Waals surface area contributed by atoms with Crippen LogP contribution in [-0.2, 0) is 4.79 Å². The van der Waals surface area contributed by atoms with E-state index >= 15 is 0 Å². The molecule has 1 aromatic heterocycles. The molecule has 1 aliphatic rings. The molecule has 3 aromatic rings. The van der Waals surface area contributed by atoms with Crippen LogP contribution in [0, 0.1) is 12.8 Å². The summed E-state index contributed by atoms with van der Waals surface area (Å²) in [5, 5.41) is 4.25. The van der Waals surface area contributed by atoms with Crippen molar-refractivity contribution in [2.24, 2.45) is 5.92 Å². The number of carbonyl (C=O) groups is 1. The SMILES string of the molecule is COc1cc(OC)c(NC(=O)C2CCN(c3nccnc3Sc3ccc(C)cc3)CC2)cc1Cl. The zero-order chi connectivity index (χ0) is 24.1. The molecular formula is C25H27ClN4O3S. The maximum Gasteiger partial charge on any atom is 0.227 e. The van der Waals surface area contributed by atoms with Crippen LogP contribution in [-0.4, -0.2) is 43.2 Å². The molecule has 9 heteroatoms. The number of amides is 1. The second kappa shape index (κ2) is 11.0. The predicted octanol–water partition coefficient (Wildman–Crippen LogP) is 5.46. The smallest absolute Gasteiger partial charge is 0.227 e. The van der Waals surface area contributed by atoms with Gasteiger partial charge in [0.25, 0.3) is 0 Å². The molecule has 1 saturated heterocycles. The van der Waals surface area contributed by atoms with Crippen LogP contribution in [0.4, 0.5) is 11.5 Å². The van der Waals surface area contributed by atoms with E-state index in [4.69, 9.17) is 21.1 Å². The van der Waals surface area contributed by atoms with Crippen molar-refractivity contribution < 1.29 is 14.3 Å². The number of aryl methyl sites for hydroxylation is 1. The first-order valence-electron chi connectivity index (χ1n) is 11.0. The van der Waals surface area contributed by atoms with Crippen molar-refractivity contribution in [3.8, 4) is 11.5 Å². The van der Waals surface area contributed by atoms with E-state index in [1.807, 2.05) is 0 Å². The standard InChI is InChI=1S/C25H27ClN4O3S/c1-16-4-6-18(7-5-16)34-25-23(27-10-11-28-25)30-12-8-17(9-13-30)24(31)29-20-14-19(26)21(32-2)15-22(20)33-3/h4-7,10-11,14-15,17H,8-9,12-13H2,1-3H3,(H,29,31). The highest BCUT2D eigenvalue weighted by Crippen LogP contribution is 2.37. The van der Waals surface area contributed by atoms with Crippen LogP contribution in [0.3, 0.4) is 0 Å². The van der Waals surface area contributed by atoms with E-state index in [0.717, 1.165) is 28.8 Å². The summed E-state index contributed by atoms with van der Waals surface area (Å²) < 4.78 is 10.6. The topological polar surface area (TPSA) is 76.6 Å². The highest BCUT2D eigenvalue weighted by Gasteiger charge is 2.28. The van der Waals surface area contributed by atoms with Gasteiger partial charge in [0.2, 0.25) is 5.91 Å². The molecule has 0 atom stereocenters. The average Bonchev–Trinajstić information content (AvgIpc) is 2.86. The van der Waals surface area contributed by atoms with Gasteiger partial charge in [0.15, 0.2) is 5.82 Å². The molecule has 1 amide bonds. The van der Waals surface area contributed by atoms with Crippen LogP contribution < -0.4 is 19.7 Å². The van der Waals surface area contributed by atoms with Gasteiger partial charge in [0.05, 0.1) is 24.9 Å². The summed E-state index contributed by atoms with van der Waals surface area (Å²) in [7, 11) is 3.08. The third-order valence-corrected chi connectivity index (χ3v) is 7.06. The van der Waals surface area contributed by atoms with Gasteiger partial charge in [-0.2, -0.15) is 0 Å². The predicted molar refractivity (Wildman–Crippen MR) is 135 cm³/mol. The molecule has 34 heavy (non-hydrogen) atoms.